The number of aromatic nitrogens is 3. The first-order valence-electron chi connectivity index (χ1n) is 6.21. The average molecular weight is 283 g/mol. The molecule has 0 saturated carbocycles. The van der Waals surface area contributed by atoms with E-state index < -0.39 is 11.6 Å². The number of amides is 2. The summed E-state index contributed by atoms with van der Waals surface area (Å²) in [6.07, 6.45) is 3.29. The number of nitrogens with zero attached hydrogens (tertiary/aromatic N) is 4. The van der Waals surface area contributed by atoms with Crippen molar-refractivity contribution < 1.29 is 19.4 Å². The van der Waals surface area contributed by atoms with Crippen molar-refractivity contribution in [1.82, 2.24) is 25.2 Å². The fourth-order valence-electron chi connectivity index (χ4n) is 1.97. The predicted molar refractivity (Wildman–Crippen MR) is 67.0 cm³/mol. The van der Waals surface area contributed by atoms with Crippen molar-refractivity contribution in [2.24, 2.45) is 0 Å². The van der Waals surface area contributed by atoms with Crippen LogP contribution in [0.1, 0.15) is 6.92 Å². The monoisotopic (exact) mass is 283 g/mol. The largest absolute Gasteiger partial charge is 0.480 e. The third-order valence-electron chi connectivity index (χ3n) is 2.97. The normalized spacial score (nSPS) is 16.6. The number of hydrogen-bond donors (Lipinski definition) is 2. The van der Waals surface area contributed by atoms with Crippen LogP contribution in [0.4, 0.5) is 4.79 Å². The first-order chi connectivity index (χ1) is 9.48. The lowest BCUT2D eigenvalue weighted by atomic mass is 9.97. The molecule has 9 heteroatoms. The minimum Gasteiger partial charge on any atom is -0.480 e. The number of aliphatic carboxylic acids is 1. The van der Waals surface area contributed by atoms with Gasteiger partial charge in [0.05, 0.1) is 25.8 Å². The van der Waals surface area contributed by atoms with Gasteiger partial charge in [0.15, 0.2) is 0 Å². The molecule has 1 saturated heterocycles. The van der Waals surface area contributed by atoms with E-state index in [4.69, 9.17) is 9.84 Å². The van der Waals surface area contributed by atoms with Crippen molar-refractivity contribution in [3.63, 3.8) is 0 Å². The van der Waals surface area contributed by atoms with Crippen LogP contribution in [-0.2, 0) is 16.1 Å². The summed E-state index contributed by atoms with van der Waals surface area (Å²) in [7, 11) is 0. The molecule has 1 aromatic heterocycles. The lowest BCUT2D eigenvalue weighted by molar-refractivity contribution is -0.159. The zero-order chi connectivity index (χ0) is 14.6. The minimum atomic E-state index is -1.01. The average Bonchev–Trinajstić information content (AvgIpc) is 2.86. The van der Waals surface area contributed by atoms with Crippen LogP contribution in [-0.4, -0.2) is 68.8 Å². The van der Waals surface area contributed by atoms with Gasteiger partial charge in [0.25, 0.3) is 0 Å². The SMILES string of the molecule is CC1(OCC(=O)O)CN(C(=O)NCCn2ccnn2)C1. The maximum atomic E-state index is 11.8. The molecular weight excluding hydrogens is 266 g/mol. The van der Waals surface area contributed by atoms with Crippen molar-refractivity contribution in [3.05, 3.63) is 12.4 Å². The summed E-state index contributed by atoms with van der Waals surface area (Å²) < 4.78 is 6.85. The number of nitrogens with one attached hydrogen (secondary N) is 1. The van der Waals surface area contributed by atoms with Gasteiger partial charge in [-0.15, -0.1) is 5.10 Å². The molecule has 9 nitrogen and oxygen atoms in total. The molecule has 0 unspecified atom stereocenters. The Morgan fingerprint density at radius 1 is 1.50 bits per heavy atom. The molecule has 2 amide bonds. The zero-order valence-electron chi connectivity index (χ0n) is 11.2. The van der Waals surface area contributed by atoms with Gasteiger partial charge < -0.3 is 20.1 Å². The van der Waals surface area contributed by atoms with E-state index in [1.165, 1.54) is 0 Å². The van der Waals surface area contributed by atoms with Gasteiger partial charge in [0.1, 0.15) is 12.2 Å². The van der Waals surface area contributed by atoms with Gasteiger partial charge in [-0.05, 0) is 6.92 Å². The van der Waals surface area contributed by atoms with Crippen molar-refractivity contribution in [2.45, 2.75) is 19.1 Å². The van der Waals surface area contributed by atoms with Gasteiger partial charge in [0, 0.05) is 12.7 Å². The Labute approximate surface area is 115 Å². The second-order valence-electron chi connectivity index (χ2n) is 4.89. The van der Waals surface area contributed by atoms with Gasteiger partial charge in [-0.1, -0.05) is 5.21 Å². The molecule has 0 aromatic carbocycles. The zero-order valence-corrected chi connectivity index (χ0v) is 11.2. The Balaban J connectivity index is 1.64. The van der Waals surface area contributed by atoms with Crippen molar-refractivity contribution in [3.8, 4) is 0 Å². The first kappa shape index (κ1) is 14.3. The molecule has 0 bridgehead atoms. The third kappa shape index (κ3) is 3.67. The number of carboxylic acids is 1. The Morgan fingerprint density at radius 3 is 2.85 bits per heavy atom. The highest BCUT2D eigenvalue weighted by Crippen LogP contribution is 2.24. The Hall–Kier alpha value is -2.16. The lowest BCUT2D eigenvalue weighted by Crippen LogP contribution is -2.65. The third-order valence-corrected chi connectivity index (χ3v) is 2.97. The minimum absolute atomic E-state index is 0.193. The van der Waals surface area contributed by atoms with Gasteiger partial charge >= 0.3 is 12.0 Å². The van der Waals surface area contributed by atoms with Crippen LogP contribution < -0.4 is 5.32 Å². The number of rotatable bonds is 6. The van der Waals surface area contributed by atoms with E-state index in [-0.39, 0.29) is 12.6 Å². The number of carbonyl (C=O) groups is 2. The molecule has 0 aliphatic carbocycles. The predicted octanol–water partition coefficient (Wildman–Crippen LogP) is -0.837. The van der Waals surface area contributed by atoms with Crippen molar-refractivity contribution >= 4 is 12.0 Å². The standard InChI is InChI=1S/C11H17N5O4/c1-11(20-6-9(17)18)7-15(8-11)10(19)12-2-4-16-5-3-13-14-16/h3,5H,2,4,6-8H2,1H3,(H,12,19)(H,17,18). The highest BCUT2D eigenvalue weighted by molar-refractivity contribution is 5.75. The molecule has 1 fully saturated rings. The van der Waals surface area contributed by atoms with Crippen LogP contribution in [0.2, 0.25) is 0 Å². The summed E-state index contributed by atoms with van der Waals surface area (Å²) in [6.45, 7) is 3.20. The lowest BCUT2D eigenvalue weighted by Gasteiger charge is -2.46. The number of carboxylic acid groups (broad SMARTS) is 1. The van der Waals surface area contributed by atoms with Gasteiger partial charge in [0.2, 0.25) is 0 Å². The number of ether oxygens (including phenoxy) is 1. The molecule has 2 heterocycles. The maximum Gasteiger partial charge on any atom is 0.329 e. The quantitative estimate of drug-likeness (QED) is 0.704. The fourth-order valence-corrected chi connectivity index (χ4v) is 1.97. The van der Waals surface area contributed by atoms with E-state index in [9.17, 15) is 9.59 Å². The Bertz CT molecular complexity index is 469. The summed E-state index contributed by atoms with van der Waals surface area (Å²) in [6, 6.07) is -0.193. The van der Waals surface area contributed by atoms with E-state index in [2.05, 4.69) is 15.6 Å². The van der Waals surface area contributed by atoms with E-state index in [1.807, 2.05) is 0 Å². The molecule has 0 spiro atoms. The molecule has 1 aliphatic heterocycles. The van der Waals surface area contributed by atoms with Crippen molar-refractivity contribution in [2.75, 3.05) is 26.2 Å². The van der Waals surface area contributed by atoms with Crippen LogP contribution in [0.25, 0.3) is 0 Å². The molecule has 2 N–H and O–H groups in total. The molecule has 110 valence electrons. The van der Waals surface area contributed by atoms with E-state index >= 15 is 0 Å². The number of urea groups is 1. The highest BCUT2D eigenvalue weighted by Gasteiger charge is 2.42. The molecule has 0 radical (unpaired) electrons. The summed E-state index contributed by atoms with van der Waals surface area (Å²) in [5, 5.41) is 18.7. The van der Waals surface area contributed by atoms with Crippen LogP contribution in [0.5, 0.6) is 0 Å². The number of hydrogen-bond acceptors (Lipinski definition) is 5. The summed E-state index contributed by atoms with van der Waals surface area (Å²) >= 11 is 0. The molecule has 0 atom stereocenters. The summed E-state index contributed by atoms with van der Waals surface area (Å²) in [5.74, 6) is -1.01. The molecule has 1 aromatic rings. The van der Waals surface area contributed by atoms with Crippen LogP contribution >= 0.6 is 0 Å². The molecule has 1 aliphatic rings. The molecule has 2 rings (SSSR count). The smallest absolute Gasteiger partial charge is 0.329 e. The second kappa shape index (κ2) is 5.87. The van der Waals surface area contributed by atoms with E-state index in [0.717, 1.165) is 0 Å². The fraction of sp³-hybridized carbons (Fsp3) is 0.636. The van der Waals surface area contributed by atoms with Gasteiger partial charge in [-0.25, -0.2) is 9.59 Å². The van der Waals surface area contributed by atoms with Gasteiger partial charge in [-0.3, -0.25) is 4.68 Å². The summed E-state index contributed by atoms with van der Waals surface area (Å²) in [5.41, 5.74) is -0.568. The Morgan fingerprint density at radius 2 is 2.25 bits per heavy atom. The van der Waals surface area contributed by atoms with Crippen LogP contribution in [0.3, 0.4) is 0 Å². The first-order valence-corrected chi connectivity index (χ1v) is 6.21. The number of carbonyl (C=O) groups excluding carboxylic acids is 1. The highest BCUT2D eigenvalue weighted by atomic mass is 16.5. The molecule has 20 heavy (non-hydrogen) atoms. The van der Waals surface area contributed by atoms with Crippen molar-refractivity contribution in [1.29, 1.82) is 0 Å². The summed E-state index contributed by atoms with van der Waals surface area (Å²) in [4.78, 5) is 23.8. The van der Waals surface area contributed by atoms with Crippen LogP contribution in [0, 0.1) is 0 Å². The number of likely N-dealkylation sites (tertiary alicyclic amines) is 1. The molecular formula is C11H17N5O4. The van der Waals surface area contributed by atoms with Crippen LogP contribution in [0.15, 0.2) is 12.4 Å². The maximum absolute atomic E-state index is 11.8. The van der Waals surface area contributed by atoms with E-state index in [1.54, 1.807) is 28.9 Å². The van der Waals surface area contributed by atoms with E-state index in [0.29, 0.717) is 26.2 Å². The second-order valence-corrected chi connectivity index (χ2v) is 4.89. The van der Waals surface area contributed by atoms with Gasteiger partial charge in [-0.2, -0.15) is 0 Å². The Kier molecular flexibility index (Phi) is 4.18. The topological polar surface area (TPSA) is 110 Å².